The van der Waals surface area contributed by atoms with E-state index in [9.17, 15) is 14.0 Å². The van der Waals surface area contributed by atoms with E-state index < -0.39 is 0 Å². The van der Waals surface area contributed by atoms with E-state index in [4.69, 9.17) is 0 Å². The first-order valence-corrected chi connectivity index (χ1v) is 10.4. The molecule has 0 aliphatic rings. The predicted octanol–water partition coefficient (Wildman–Crippen LogP) is 5.27. The standard InChI is InChI=1S/C26H18FN5O2/c27-19-8-10-20(11-9-19)29-26(34)18-7-12-22-23(14-18)32-24(31-22)16-3-5-17(6-4-16)25(33)30-21-2-1-13-28-15-21/h1-15H,(H,29,34)(H,30,33)(H,31,32). The summed E-state index contributed by atoms with van der Waals surface area (Å²) in [5, 5.41) is 5.54. The van der Waals surface area contributed by atoms with E-state index in [1.165, 1.54) is 24.3 Å². The first-order valence-electron chi connectivity index (χ1n) is 10.4. The molecule has 2 heterocycles. The summed E-state index contributed by atoms with van der Waals surface area (Å²) >= 11 is 0. The highest BCUT2D eigenvalue weighted by Gasteiger charge is 2.12. The minimum absolute atomic E-state index is 0.235. The second kappa shape index (κ2) is 8.95. The van der Waals surface area contributed by atoms with E-state index in [2.05, 4.69) is 25.6 Å². The average Bonchev–Trinajstić information content (AvgIpc) is 3.30. The molecule has 5 rings (SSSR count). The van der Waals surface area contributed by atoms with Crippen molar-refractivity contribution in [2.45, 2.75) is 0 Å². The third-order valence-corrected chi connectivity index (χ3v) is 5.19. The van der Waals surface area contributed by atoms with Crippen LogP contribution in [0.2, 0.25) is 0 Å². The third kappa shape index (κ3) is 4.51. The topological polar surface area (TPSA) is 99.8 Å². The van der Waals surface area contributed by atoms with Gasteiger partial charge in [0.25, 0.3) is 11.8 Å². The van der Waals surface area contributed by atoms with Crippen LogP contribution in [-0.4, -0.2) is 26.8 Å². The highest BCUT2D eigenvalue weighted by Crippen LogP contribution is 2.23. The number of carbonyl (C=O) groups is 2. The van der Waals surface area contributed by atoms with Gasteiger partial charge in [-0.3, -0.25) is 14.6 Å². The Morgan fingerprint density at radius 3 is 2.24 bits per heavy atom. The lowest BCUT2D eigenvalue weighted by Gasteiger charge is -2.05. The van der Waals surface area contributed by atoms with Gasteiger partial charge >= 0.3 is 0 Å². The van der Waals surface area contributed by atoms with Crippen molar-refractivity contribution in [3.63, 3.8) is 0 Å². The molecule has 3 N–H and O–H groups in total. The number of aromatic amines is 1. The van der Waals surface area contributed by atoms with E-state index in [0.717, 1.165) is 5.56 Å². The summed E-state index contributed by atoms with van der Waals surface area (Å²) in [6.07, 6.45) is 3.22. The zero-order valence-corrected chi connectivity index (χ0v) is 17.7. The van der Waals surface area contributed by atoms with E-state index in [1.54, 1.807) is 67.0 Å². The van der Waals surface area contributed by atoms with Gasteiger partial charge in [-0.1, -0.05) is 12.1 Å². The number of nitrogens with zero attached hydrogens (tertiary/aromatic N) is 2. The van der Waals surface area contributed by atoms with Gasteiger partial charge in [0, 0.05) is 28.6 Å². The zero-order chi connectivity index (χ0) is 23.5. The molecule has 0 fully saturated rings. The molecule has 2 amide bonds. The van der Waals surface area contributed by atoms with Crippen LogP contribution < -0.4 is 10.6 Å². The normalized spacial score (nSPS) is 10.7. The highest BCUT2D eigenvalue weighted by molar-refractivity contribution is 6.06. The van der Waals surface area contributed by atoms with Crippen molar-refractivity contribution >= 4 is 34.2 Å². The summed E-state index contributed by atoms with van der Waals surface area (Å²) in [4.78, 5) is 36.8. The molecule has 0 unspecified atom stereocenters. The molecule has 0 aliphatic carbocycles. The Bertz CT molecular complexity index is 1480. The highest BCUT2D eigenvalue weighted by atomic mass is 19.1. The molecular formula is C26H18FN5O2. The molecule has 3 aromatic carbocycles. The first kappa shape index (κ1) is 21.0. The number of carbonyl (C=O) groups excluding carboxylic acids is 2. The molecule has 0 radical (unpaired) electrons. The second-order valence-corrected chi connectivity index (χ2v) is 7.55. The van der Waals surface area contributed by atoms with Gasteiger partial charge < -0.3 is 15.6 Å². The lowest BCUT2D eigenvalue weighted by molar-refractivity contribution is 0.101. The van der Waals surface area contributed by atoms with Crippen molar-refractivity contribution in [3.8, 4) is 11.4 Å². The second-order valence-electron chi connectivity index (χ2n) is 7.55. The number of fused-ring (bicyclic) bond motifs is 1. The van der Waals surface area contributed by atoms with Crippen LogP contribution in [0.4, 0.5) is 15.8 Å². The Kier molecular flexibility index (Phi) is 5.53. The molecule has 0 aliphatic heterocycles. The summed E-state index contributed by atoms with van der Waals surface area (Å²) in [5.74, 6) is -0.300. The fourth-order valence-electron chi connectivity index (χ4n) is 3.44. The van der Waals surface area contributed by atoms with E-state index in [0.29, 0.717) is 39.4 Å². The van der Waals surface area contributed by atoms with Crippen LogP contribution >= 0.6 is 0 Å². The lowest BCUT2D eigenvalue weighted by atomic mass is 10.1. The van der Waals surface area contributed by atoms with Gasteiger partial charge in [-0.2, -0.15) is 0 Å². The number of H-pyrrole nitrogens is 1. The Morgan fingerprint density at radius 1 is 0.794 bits per heavy atom. The van der Waals surface area contributed by atoms with E-state index >= 15 is 0 Å². The fraction of sp³-hybridized carbons (Fsp3) is 0. The molecule has 166 valence electrons. The molecule has 5 aromatic rings. The number of imidazole rings is 1. The van der Waals surface area contributed by atoms with Gasteiger partial charge in [0.1, 0.15) is 11.6 Å². The molecule has 0 saturated carbocycles. The van der Waals surface area contributed by atoms with E-state index in [1.807, 2.05) is 0 Å². The van der Waals surface area contributed by atoms with Crippen molar-refractivity contribution in [2.24, 2.45) is 0 Å². The lowest BCUT2D eigenvalue weighted by Crippen LogP contribution is -2.11. The van der Waals surface area contributed by atoms with Crippen LogP contribution in [0.1, 0.15) is 20.7 Å². The zero-order valence-electron chi connectivity index (χ0n) is 17.7. The van der Waals surface area contributed by atoms with Crippen LogP contribution in [0.3, 0.4) is 0 Å². The smallest absolute Gasteiger partial charge is 0.255 e. The summed E-state index contributed by atoms with van der Waals surface area (Å²) in [7, 11) is 0. The van der Waals surface area contributed by atoms with Gasteiger partial charge in [-0.15, -0.1) is 0 Å². The number of hydrogen-bond acceptors (Lipinski definition) is 4. The average molecular weight is 451 g/mol. The number of aromatic nitrogens is 3. The van der Waals surface area contributed by atoms with Crippen molar-refractivity contribution in [1.82, 2.24) is 15.0 Å². The number of pyridine rings is 1. The summed E-state index contributed by atoms with van der Waals surface area (Å²) in [5.41, 5.74) is 4.26. The number of hydrogen-bond donors (Lipinski definition) is 3. The minimum atomic E-state index is -0.369. The SMILES string of the molecule is O=C(Nc1cccnc1)c1ccc(-c2nc3ccc(C(=O)Nc4ccc(F)cc4)cc3[nH]2)cc1. The quantitative estimate of drug-likeness (QED) is 0.339. The number of amides is 2. The third-order valence-electron chi connectivity index (χ3n) is 5.19. The van der Waals surface area contributed by atoms with Crippen molar-refractivity contribution < 1.29 is 14.0 Å². The summed E-state index contributed by atoms with van der Waals surface area (Å²) in [6.45, 7) is 0. The van der Waals surface area contributed by atoms with Gasteiger partial charge in [0.05, 0.1) is 22.9 Å². The maximum atomic E-state index is 13.1. The van der Waals surface area contributed by atoms with Crippen molar-refractivity contribution in [2.75, 3.05) is 10.6 Å². The number of halogens is 1. The van der Waals surface area contributed by atoms with Crippen LogP contribution in [0, 0.1) is 5.82 Å². The molecule has 2 aromatic heterocycles. The molecule has 7 nitrogen and oxygen atoms in total. The van der Waals surface area contributed by atoms with Gasteiger partial charge in [0.15, 0.2) is 0 Å². The molecule has 0 spiro atoms. The number of rotatable bonds is 5. The van der Waals surface area contributed by atoms with Gasteiger partial charge in [-0.05, 0) is 66.7 Å². The molecular weight excluding hydrogens is 433 g/mol. The Balaban J connectivity index is 1.32. The Morgan fingerprint density at radius 2 is 1.50 bits per heavy atom. The van der Waals surface area contributed by atoms with Gasteiger partial charge in [0.2, 0.25) is 0 Å². The van der Waals surface area contributed by atoms with Crippen LogP contribution in [0.15, 0.2) is 91.3 Å². The van der Waals surface area contributed by atoms with Crippen molar-refractivity contribution in [3.05, 3.63) is 108 Å². The maximum Gasteiger partial charge on any atom is 0.255 e. The summed E-state index contributed by atoms with van der Waals surface area (Å²) < 4.78 is 13.1. The largest absolute Gasteiger partial charge is 0.338 e. The van der Waals surface area contributed by atoms with Crippen LogP contribution in [-0.2, 0) is 0 Å². The fourth-order valence-corrected chi connectivity index (χ4v) is 3.44. The molecule has 0 atom stereocenters. The number of anilines is 2. The van der Waals surface area contributed by atoms with Crippen LogP contribution in [0.25, 0.3) is 22.4 Å². The number of nitrogens with one attached hydrogen (secondary N) is 3. The molecule has 0 bridgehead atoms. The minimum Gasteiger partial charge on any atom is -0.338 e. The van der Waals surface area contributed by atoms with E-state index in [-0.39, 0.29) is 17.6 Å². The monoisotopic (exact) mass is 451 g/mol. The first-order chi connectivity index (χ1) is 16.5. The van der Waals surface area contributed by atoms with Crippen LogP contribution in [0.5, 0.6) is 0 Å². The number of benzene rings is 3. The maximum absolute atomic E-state index is 13.1. The van der Waals surface area contributed by atoms with Crippen molar-refractivity contribution in [1.29, 1.82) is 0 Å². The molecule has 34 heavy (non-hydrogen) atoms. The van der Waals surface area contributed by atoms with Gasteiger partial charge in [-0.25, -0.2) is 9.37 Å². The predicted molar refractivity (Wildman–Crippen MR) is 128 cm³/mol. The molecule has 8 heteroatoms. The Hall–Kier alpha value is -4.85. The molecule has 0 saturated heterocycles. The summed E-state index contributed by atoms with van der Waals surface area (Å²) in [6, 6.07) is 21.3. The Labute approximate surface area is 193 Å².